The normalized spacial score (nSPS) is 10.5. The molecule has 2 heterocycles. The van der Waals surface area contributed by atoms with E-state index in [4.69, 9.17) is 0 Å². The number of para-hydroxylation sites is 1. The molecule has 0 aliphatic rings. The summed E-state index contributed by atoms with van der Waals surface area (Å²) in [6, 6.07) is 17.0. The van der Waals surface area contributed by atoms with Gasteiger partial charge in [-0.1, -0.05) is 18.2 Å². The molecule has 4 aromatic rings. The van der Waals surface area contributed by atoms with Gasteiger partial charge in [-0.05, 0) is 58.7 Å². The highest BCUT2D eigenvalue weighted by Gasteiger charge is 2.08. The van der Waals surface area contributed by atoms with Crippen molar-refractivity contribution in [1.29, 1.82) is 0 Å². The van der Waals surface area contributed by atoms with Crippen molar-refractivity contribution in [3.05, 3.63) is 89.0 Å². The Morgan fingerprint density at radius 2 is 1.75 bits per heavy atom. The zero-order valence-electron chi connectivity index (χ0n) is 17.2. The van der Waals surface area contributed by atoms with Gasteiger partial charge in [-0.2, -0.15) is 4.98 Å². The van der Waals surface area contributed by atoms with Gasteiger partial charge >= 0.3 is 0 Å². The number of imidazole rings is 1. The lowest BCUT2D eigenvalue weighted by atomic mass is 10.2. The summed E-state index contributed by atoms with van der Waals surface area (Å²) >= 11 is 3.47. The molecular formula is C23H22BrN7O. The standard InChI is InChI=1S/C23H22BrN7O/c24-19-15-28-23(31-21(19)29-17-5-2-1-3-6-17)30-18-10-8-16(9-11-18)22(32)27-12-4-7-20-25-13-14-26-20/h1-3,5-6,8-11,13-15H,4,7,12H2,(H,25,26)(H,27,32)(H2,28,29,30,31). The summed E-state index contributed by atoms with van der Waals surface area (Å²) in [4.78, 5) is 28.4. The molecule has 0 radical (unpaired) electrons. The highest BCUT2D eigenvalue weighted by molar-refractivity contribution is 9.10. The van der Waals surface area contributed by atoms with Gasteiger partial charge in [-0.15, -0.1) is 0 Å². The number of H-pyrrole nitrogens is 1. The number of anilines is 4. The molecule has 4 N–H and O–H groups in total. The second-order valence-corrected chi connectivity index (χ2v) is 7.83. The average Bonchev–Trinajstić information content (AvgIpc) is 3.34. The molecule has 2 aromatic carbocycles. The molecule has 9 heteroatoms. The minimum atomic E-state index is -0.106. The Morgan fingerprint density at radius 3 is 2.50 bits per heavy atom. The number of halogens is 1. The molecule has 0 atom stereocenters. The summed E-state index contributed by atoms with van der Waals surface area (Å²) in [6.07, 6.45) is 6.82. The van der Waals surface area contributed by atoms with Gasteiger partial charge < -0.3 is 20.9 Å². The number of carbonyl (C=O) groups excluding carboxylic acids is 1. The number of aromatic amines is 1. The quantitative estimate of drug-likeness (QED) is 0.250. The fourth-order valence-corrected chi connectivity index (χ4v) is 3.29. The monoisotopic (exact) mass is 491 g/mol. The Hall–Kier alpha value is -3.72. The Bertz CT molecular complexity index is 1150. The van der Waals surface area contributed by atoms with Crippen LogP contribution in [-0.2, 0) is 6.42 Å². The van der Waals surface area contributed by atoms with Crippen LogP contribution in [-0.4, -0.2) is 32.4 Å². The first-order valence-electron chi connectivity index (χ1n) is 10.2. The van der Waals surface area contributed by atoms with E-state index in [9.17, 15) is 4.79 Å². The first-order chi connectivity index (χ1) is 15.7. The molecule has 0 saturated carbocycles. The Labute approximate surface area is 194 Å². The number of aryl methyl sites for hydroxylation is 1. The van der Waals surface area contributed by atoms with Gasteiger partial charge in [0.1, 0.15) is 11.6 Å². The van der Waals surface area contributed by atoms with E-state index in [0.29, 0.717) is 23.9 Å². The maximum Gasteiger partial charge on any atom is 0.251 e. The summed E-state index contributed by atoms with van der Waals surface area (Å²) in [7, 11) is 0. The molecule has 0 unspecified atom stereocenters. The molecule has 32 heavy (non-hydrogen) atoms. The number of aromatic nitrogens is 4. The van der Waals surface area contributed by atoms with Crippen molar-refractivity contribution in [2.75, 3.05) is 17.2 Å². The smallest absolute Gasteiger partial charge is 0.251 e. The number of nitrogens with one attached hydrogen (secondary N) is 4. The van der Waals surface area contributed by atoms with E-state index in [1.165, 1.54) is 0 Å². The molecule has 0 saturated heterocycles. The number of hydrogen-bond acceptors (Lipinski definition) is 6. The molecule has 2 aromatic heterocycles. The predicted octanol–water partition coefficient (Wildman–Crippen LogP) is 4.81. The first kappa shape index (κ1) is 21.5. The highest BCUT2D eigenvalue weighted by Crippen LogP contribution is 2.25. The van der Waals surface area contributed by atoms with Gasteiger partial charge in [0.25, 0.3) is 5.91 Å². The molecule has 0 aliphatic heterocycles. The van der Waals surface area contributed by atoms with Crippen LogP contribution in [0.5, 0.6) is 0 Å². The SMILES string of the molecule is O=C(NCCCc1ncc[nH]1)c1ccc(Nc2ncc(Br)c(Nc3ccccc3)n2)cc1. The second-order valence-electron chi connectivity index (χ2n) is 6.98. The minimum Gasteiger partial charge on any atom is -0.352 e. The summed E-state index contributed by atoms with van der Waals surface area (Å²) < 4.78 is 0.756. The van der Waals surface area contributed by atoms with Gasteiger partial charge in [-0.25, -0.2) is 9.97 Å². The Balaban J connectivity index is 1.32. The third-order valence-electron chi connectivity index (χ3n) is 4.61. The molecule has 8 nitrogen and oxygen atoms in total. The molecular weight excluding hydrogens is 470 g/mol. The van der Waals surface area contributed by atoms with Crippen molar-refractivity contribution >= 4 is 45.0 Å². The number of rotatable bonds is 9. The van der Waals surface area contributed by atoms with Crippen LogP contribution < -0.4 is 16.0 Å². The van der Waals surface area contributed by atoms with Crippen LogP contribution in [0.2, 0.25) is 0 Å². The van der Waals surface area contributed by atoms with Crippen LogP contribution in [0.25, 0.3) is 0 Å². The first-order valence-corrected chi connectivity index (χ1v) is 10.9. The van der Waals surface area contributed by atoms with E-state index in [1.807, 2.05) is 42.5 Å². The van der Waals surface area contributed by atoms with Gasteiger partial charge in [0, 0.05) is 48.5 Å². The van der Waals surface area contributed by atoms with E-state index >= 15 is 0 Å². The van der Waals surface area contributed by atoms with Crippen molar-refractivity contribution in [3.8, 4) is 0 Å². The third-order valence-corrected chi connectivity index (χ3v) is 5.19. The predicted molar refractivity (Wildman–Crippen MR) is 128 cm³/mol. The third kappa shape index (κ3) is 5.92. The number of benzene rings is 2. The average molecular weight is 492 g/mol. The number of nitrogens with zero attached hydrogens (tertiary/aromatic N) is 3. The lowest BCUT2D eigenvalue weighted by molar-refractivity contribution is 0.0953. The molecule has 0 bridgehead atoms. The topological polar surface area (TPSA) is 108 Å². The summed E-state index contributed by atoms with van der Waals surface area (Å²) in [5, 5.41) is 9.35. The van der Waals surface area contributed by atoms with Crippen LogP contribution in [0, 0.1) is 0 Å². The van der Waals surface area contributed by atoms with Crippen molar-refractivity contribution in [1.82, 2.24) is 25.3 Å². The van der Waals surface area contributed by atoms with E-state index in [1.54, 1.807) is 30.7 Å². The van der Waals surface area contributed by atoms with E-state index in [2.05, 4.69) is 51.8 Å². The van der Waals surface area contributed by atoms with Crippen molar-refractivity contribution in [2.24, 2.45) is 0 Å². The van der Waals surface area contributed by atoms with Crippen LogP contribution >= 0.6 is 15.9 Å². The summed E-state index contributed by atoms with van der Waals surface area (Å²) in [5.41, 5.74) is 2.31. The highest BCUT2D eigenvalue weighted by atomic mass is 79.9. The number of amides is 1. The van der Waals surface area contributed by atoms with Crippen molar-refractivity contribution in [2.45, 2.75) is 12.8 Å². The van der Waals surface area contributed by atoms with E-state index < -0.39 is 0 Å². The van der Waals surface area contributed by atoms with Crippen LogP contribution in [0.4, 0.5) is 23.1 Å². The van der Waals surface area contributed by atoms with Crippen molar-refractivity contribution in [3.63, 3.8) is 0 Å². The summed E-state index contributed by atoms with van der Waals surface area (Å²) in [6.45, 7) is 0.587. The molecule has 0 spiro atoms. The fourth-order valence-electron chi connectivity index (χ4n) is 3.00. The van der Waals surface area contributed by atoms with Crippen LogP contribution in [0.3, 0.4) is 0 Å². The zero-order valence-corrected chi connectivity index (χ0v) is 18.8. The fraction of sp³-hybridized carbons (Fsp3) is 0.130. The molecule has 0 aliphatic carbocycles. The van der Waals surface area contributed by atoms with Crippen LogP contribution in [0.1, 0.15) is 22.6 Å². The van der Waals surface area contributed by atoms with Gasteiger partial charge in [0.2, 0.25) is 5.95 Å². The molecule has 162 valence electrons. The number of carbonyl (C=O) groups is 1. The van der Waals surface area contributed by atoms with Gasteiger partial charge in [0.05, 0.1) is 4.47 Å². The second kappa shape index (κ2) is 10.5. The van der Waals surface area contributed by atoms with Crippen molar-refractivity contribution < 1.29 is 4.79 Å². The van der Waals surface area contributed by atoms with Gasteiger partial charge in [-0.3, -0.25) is 4.79 Å². The molecule has 1 amide bonds. The molecule has 0 fully saturated rings. The zero-order chi connectivity index (χ0) is 22.2. The lowest BCUT2D eigenvalue weighted by Gasteiger charge is -2.11. The Kier molecular flexibility index (Phi) is 7.08. The summed E-state index contributed by atoms with van der Waals surface area (Å²) in [5.74, 6) is 1.92. The maximum atomic E-state index is 12.3. The lowest BCUT2D eigenvalue weighted by Crippen LogP contribution is -2.24. The van der Waals surface area contributed by atoms with Gasteiger partial charge in [0.15, 0.2) is 0 Å². The van der Waals surface area contributed by atoms with E-state index in [0.717, 1.165) is 34.5 Å². The Morgan fingerprint density at radius 1 is 0.969 bits per heavy atom. The number of hydrogen-bond donors (Lipinski definition) is 4. The van der Waals surface area contributed by atoms with Crippen LogP contribution in [0.15, 0.2) is 77.7 Å². The minimum absolute atomic E-state index is 0.106. The van der Waals surface area contributed by atoms with E-state index in [-0.39, 0.29) is 5.91 Å². The maximum absolute atomic E-state index is 12.3. The molecule has 4 rings (SSSR count). The largest absolute Gasteiger partial charge is 0.352 e.